The van der Waals surface area contributed by atoms with Crippen LogP contribution >= 0.6 is 0 Å². The topological polar surface area (TPSA) is 61.5 Å². The number of nitrogens with one attached hydrogen (secondary N) is 1. The second kappa shape index (κ2) is 12.2. The minimum atomic E-state index is -0.321. The number of esters is 1. The molecule has 0 aliphatic carbocycles. The summed E-state index contributed by atoms with van der Waals surface area (Å²) < 4.78 is 5.45. The highest BCUT2D eigenvalue weighted by Crippen LogP contribution is 2.36. The third kappa shape index (κ3) is 6.00. The summed E-state index contributed by atoms with van der Waals surface area (Å²) in [7, 11) is 0. The Morgan fingerprint density at radius 2 is 1.21 bits per heavy atom. The predicted molar refractivity (Wildman–Crippen MR) is 163 cm³/mol. The summed E-state index contributed by atoms with van der Waals surface area (Å²) in [4.78, 5) is 25.0. The molecule has 1 heterocycles. The summed E-state index contributed by atoms with van der Waals surface area (Å²) in [5, 5.41) is 0. The van der Waals surface area contributed by atoms with Crippen LogP contribution in [0.5, 0.6) is 5.75 Å². The van der Waals surface area contributed by atoms with Gasteiger partial charge in [-0.25, -0.2) is 4.98 Å². The molecule has 4 rings (SSSR count). The standard InChI is InChI=1S/C33H40N4O2/c1-8-36(9-2)28-16-12-25(13-17-28)30-31(26-14-18-29(19-15-26)37(10-3)11-4)35-33(34-30)27-20-22(5)32(23(6)21-27)39-24(7)38/h12-21H,8-11H2,1-7H3,(H,34,35). The zero-order chi connectivity index (χ0) is 28.1. The van der Waals surface area contributed by atoms with Crippen molar-refractivity contribution in [2.45, 2.75) is 48.5 Å². The summed E-state index contributed by atoms with van der Waals surface area (Å²) in [5.41, 5.74) is 9.18. The van der Waals surface area contributed by atoms with Crippen molar-refractivity contribution in [1.29, 1.82) is 0 Å². The van der Waals surface area contributed by atoms with Crippen molar-refractivity contribution in [3.8, 4) is 39.7 Å². The van der Waals surface area contributed by atoms with Crippen LogP contribution in [0.15, 0.2) is 60.7 Å². The molecule has 6 heteroatoms. The van der Waals surface area contributed by atoms with Crippen molar-refractivity contribution < 1.29 is 9.53 Å². The number of hydrogen-bond donors (Lipinski definition) is 1. The predicted octanol–water partition coefficient (Wildman–Crippen LogP) is 7.65. The van der Waals surface area contributed by atoms with Crippen LogP contribution in [0.2, 0.25) is 0 Å². The monoisotopic (exact) mass is 524 g/mol. The van der Waals surface area contributed by atoms with Crippen molar-refractivity contribution in [3.63, 3.8) is 0 Å². The first-order chi connectivity index (χ1) is 18.8. The molecule has 6 nitrogen and oxygen atoms in total. The first-order valence-electron chi connectivity index (χ1n) is 13.9. The van der Waals surface area contributed by atoms with Crippen molar-refractivity contribution in [2.75, 3.05) is 36.0 Å². The van der Waals surface area contributed by atoms with Crippen LogP contribution in [-0.2, 0) is 4.79 Å². The molecule has 1 N–H and O–H groups in total. The van der Waals surface area contributed by atoms with Gasteiger partial charge in [-0.2, -0.15) is 0 Å². The van der Waals surface area contributed by atoms with Gasteiger partial charge < -0.3 is 19.5 Å². The van der Waals surface area contributed by atoms with Crippen molar-refractivity contribution in [3.05, 3.63) is 71.8 Å². The first kappa shape index (κ1) is 28.0. The van der Waals surface area contributed by atoms with Crippen LogP contribution in [0.1, 0.15) is 45.7 Å². The number of carbonyl (C=O) groups excluding carboxylic acids is 1. The average molecular weight is 525 g/mol. The summed E-state index contributed by atoms with van der Waals surface area (Å²) in [6.07, 6.45) is 0. The number of aromatic amines is 1. The molecule has 0 spiro atoms. The highest BCUT2D eigenvalue weighted by atomic mass is 16.5. The van der Waals surface area contributed by atoms with Gasteiger partial charge in [0.15, 0.2) is 0 Å². The van der Waals surface area contributed by atoms with E-state index in [1.54, 1.807) is 0 Å². The lowest BCUT2D eigenvalue weighted by Crippen LogP contribution is -2.21. The Morgan fingerprint density at radius 3 is 1.64 bits per heavy atom. The van der Waals surface area contributed by atoms with E-state index in [0.717, 1.165) is 71.2 Å². The van der Waals surface area contributed by atoms with Gasteiger partial charge >= 0.3 is 5.97 Å². The fourth-order valence-corrected chi connectivity index (χ4v) is 5.17. The van der Waals surface area contributed by atoms with E-state index in [1.165, 1.54) is 18.3 Å². The molecule has 0 saturated heterocycles. The van der Waals surface area contributed by atoms with E-state index in [2.05, 4.69) is 91.0 Å². The number of anilines is 2. The maximum atomic E-state index is 11.6. The summed E-state index contributed by atoms with van der Waals surface area (Å²) >= 11 is 0. The molecule has 0 radical (unpaired) electrons. The number of aromatic nitrogens is 2. The van der Waals surface area contributed by atoms with Gasteiger partial charge in [-0.05, 0) is 89.1 Å². The molecule has 3 aromatic carbocycles. The Morgan fingerprint density at radius 1 is 0.744 bits per heavy atom. The normalized spacial score (nSPS) is 10.9. The largest absolute Gasteiger partial charge is 0.426 e. The van der Waals surface area contributed by atoms with Crippen LogP contribution in [0.4, 0.5) is 11.4 Å². The molecule has 0 amide bonds. The smallest absolute Gasteiger partial charge is 0.308 e. The lowest BCUT2D eigenvalue weighted by Gasteiger charge is -2.21. The second-order valence-corrected chi connectivity index (χ2v) is 9.78. The number of aryl methyl sites for hydroxylation is 2. The minimum Gasteiger partial charge on any atom is -0.426 e. The van der Waals surface area contributed by atoms with E-state index in [-0.39, 0.29) is 5.97 Å². The third-order valence-corrected chi connectivity index (χ3v) is 7.24. The average Bonchev–Trinajstić information content (AvgIpc) is 3.38. The van der Waals surface area contributed by atoms with E-state index in [4.69, 9.17) is 9.72 Å². The van der Waals surface area contributed by atoms with E-state index in [0.29, 0.717) is 5.75 Å². The molecule has 39 heavy (non-hydrogen) atoms. The highest BCUT2D eigenvalue weighted by molar-refractivity contribution is 5.83. The lowest BCUT2D eigenvalue weighted by molar-refractivity contribution is -0.131. The maximum absolute atomic E-state index is 11.6. The van der Waals surface area contributed by atoms with Crippen LogP contribution < -0.4 is 14.5 Å². The summed E-state index contributed by atoms with van der Waals surface area (Å²) in [6, 6.07) is 21.4. The number of hydrogen-bond acceptors (Lipinski definition) is 5. The van der Waals surface area contributed by atoms with Gasteiger partial charge in [-0.15, -0.1) is 0 Å². The van der Waals surface area contributed by atoms with Gasteiger partial charge in [-0.3, -0.25) is 4.79 Å². The maximum Gasteiger partial charge on any atom is 0.308 e. The molecule has 204 valence electrons. The number of benzene rings is 3. The zero-order valence-electron chi connectivity index (χ0n) is 24.3. The van der Waals surface area contributed by atoms with Crippen LogP contribution in [-0.4, -0.2) is 42.1 Å². The Kier molecular flexibility index (Phi) is 8.75. The molecule has 0 atom stereocenters. The molecule has 0 bridgehead atoms. The SMILES string of the molecule is CCN(CC)c1ccc(-c2nc(-c3cc(C)c(OC(C)=O)c(C)c3)[nH]c2-c2ccc(N(CC)CC)cc2)cc1. The third-order valence-electron chi connectivity index (χ3n) is 7.24. The molecule has 4 aromatic rings. The van der Waals surface area contributed by atoms with Crippen LogP contribution in [0, 0.1) is 13.8 Å². The second-order valence-electron chi connectivity index (χ2n) is 9.78. The van der Waals surface area contributed by atoms with Gasteiger partial charge in [0.1, 0.15) is 11.6 Å². The van der Waals surface area contributed by atoms with E-state index in [1.807, 2.05) is 26.0 Å². The van der Waals surface area contributed by atoms with Crippen LogP contribution in [0.25, 0.3) is 33.9 Å². The van der Waals surface area contributed by atoms with E-state index < -0.39 is 0 Å². The van der Waals surface area contributed by atoms with Gasteiger partial charge in [0.05, 0.1) is 11.4 Å². The van der Waals surface area contributed by atoms with Gasteiger partial charge in [0, 0.05) is 61.2 Å². The Labute approximate surface area is 232 Å². The highest BCUT2D eigenvalue weighted by Gasteiger charge is 2.18. The molecular formula is C33H40N4O2. The Balaban J connectivity index is 1.82. The number of H-pyrrole nitrogens is 1. The van der Waals surface area contributed by atoms with E-state index in [9.17, 15) is 4.79 Å². The quantitative estimate of drug-likeness (QED) is 0.171. The van der Waals surface area contributed by atoms with Crippen molar-refractivity contribution >= 4 is 17.3 Å². The number of rotatable bonds is 10. The summed E-state index contributed by atoms with van der Waals surface area (Å²) in [5.74, 6) is 1.07. The Hall–Kier alpha value is -4.06. The summed E-state index contributed by atoms with van der Waals surface area (Å²) in [6.45, 7) is 17.9. The molecule has 0 saturated carbocycles. The Bertz CT molecular complexity index is 1320. The molecule has 0 unspecified atom stereocenters. The van der Waals surface area contributed by atoms with E-state index >= 15 is 0 Å². The lowest BCUT2D eigenvalue weighted by atomic mass is 10.0. The fourth-order valence-electron chi connectivity index (χ4n) is 5.17. The molecule has 1 aromatic heterocycles. The van der Waals surface area contributed by atoms with Crippen LogP contribution in [0.3, 0.4) is 0 Å². The minimum absolute atomic E-state index is 0.321. The van der Waals surface area contributed by atoms with Crippen molar-refractivity contribution in [1.82, 2.24) is 9.97 Å². The number of ether oxygens (including phenoxy) is 1. The molecule has 0 fully saturated rings. The molecular weight excluding hydrogens is 484 g/mol. The van der Waals surface area contributed by atoms with Gasteiger partial charge in [0.25, 0.3) is 0 Å². The number of carbonyl (C=O) groups is 1. The first-order valence-corrected chi connectivity index (χ1v) is 13.9. The fraction of sp³-hybridized carbons (Fsp3) is 0.333. The molecule has 0 aliphatic heterocycles. The molecule has 0 aliphatic rings. The van der Waals surface area contributed by atoms with Gasteiger partial charge in [0.2, 0.25) is 0 Å². The number of nitrogens with zero attached hydrogens (tertiary/aromatic N) is 3. The zero-order valence-corrected chi connectivity index (χ0v) is 24.3. The number of imidazole rings is 1. The van der Waals surface area contributed by atoms with Gasteiger partial charge in [-0.1, -0.05) is 24.3 Å². The van der Waals surface area contributed by atoms with Crippen molar-refractivity contribution in [2.24, 2.45) is 0 Å².